The molecule has 4 aromatic rings. The van der Waals surface area contributed by atoms with Gasteiger partial charge in [-0.1, -0.05) is 12.1 Å². The summed E-state index contributed by atoms with van der Waals surface area (Å²) in [5, 5.41) is 25.5. The lowest BCUT2D eigenvalue weighted by molar-refractivity contribution is -0.274. The predicted octanol–water partition coefficient (Wildman–Crippen LogP) is 4.98. The molecule has 0 amide bonds. The number of ketones is 2. The zero-order chi connectivity index (χ0) is 31.9. The van der Waals surface area contributed by atoms with Crippen LogP contribution in [0, 0.1) is 0 Å². The number of halogens is 3. The number of phenols is 2. The van der Waals surface area contributed by atoms with Gasteiger partial charge in [0.1, 0.15) is 28.5 Å². The van der Waals surface area contributed by atoms with Gasteiger partial charge < -0.3 is 24.4 Å². The highest BCUT2D eigenvalue weighted by molar-refractivity contribution is 6.30. The molecule has 1 aromatic heterocycles. The molecule has 2 N–H and O–H groups in total. The number of aromatic nitrogens is 2. The molecule has 5 rings (SSSR count). The molecule has 0 saturated heterocycles. The summed E-state index contributed by atoms with van der Waals surface area (Å²) in [6.07, 6.45) is -4.96. The Balaban J connectivity index is 1.74. The summed E-state index contributed by atoms with van der Waals surface area (Å²) in [5.41, 5.74) is -2.31. The predicted molar refractivity (Wildman–Crippen MR) is 144 cm³/mol. The third-order valence-electron chi connectivity index (χ3n) is 6.53. The lowest BCUT2D eigenvalue weighted by Gasteiger charge is -2.20. The van der Waals surface area contributed by atoms with Crippen LogP contribution in [0.1, 0.15) is 66.5 Å². The van der Waals surface area contributed by atoms with Gasteiger partial charge in [0.15, 0.2) is 11.5 Å². The number of carbonyl (C=O) groups excluding carboxylic acids is 4. The van der Waals surface area contributed by atoms with E-state index in [0.29, 0.717) is 0 Å². The van der Waals surface area contributed by atoms with Crippen molar-refractivity contribution in [3.63, 3.8) is 0 Å². The summed E-state index contributed by atoms with van der Waals surface area (Å²) in [4.78, 5) is 53.1. The van der Waals surface area contributed by atoms with Crippen molar-refractivity contribution in [1.82, 2.24) is 9.78 Å². The summed E-state index contributed by atoms with van der Waals surface area (Å²) >= 11 is 0. The molecular weight excluding hydrogens is 589 g/mol. The number of fused-ring (bicyclic) bond motifs is 2. The molecule has 3 aromatic carbocycles. The minimum atomic E-state index is -4.96. The van der Waals surface area contributed by atoms with Crippen LogP contribution in [-0.4, -0.2) is 63.1 Å². The first kappa shape index (κ1) is 29.8. The Morgan fingerprint density at radius 1 is 0.841 bits per heavy atom. The molecule has 11 nitrogen and oxygen atoms in total. The normalized spacial score (nSPS) is 12.4. The van der Waals surface area contributed by atoms with Gasteiger partial charge >= 0.3 is 18.3 Å². The molecule has 0 bridgehead atoms. The van der Waals surface area contributed by atoms with Gasteiger partial charge in [-0.05, 0) is 56.3 Å². The third kappa shape index (κ3) is 5.21. The van der Waals surface area contributed by atoms with Gasteiger partial charge in [0.2, 0.25) is 5.78 Å². The van der Waals surface area contributed by atoms with Crippen molar-refractivity contribution in [2.45, 2.75) is 20.2 Å². The fraction of sp³-hybridized carbons (Fsp3) is 0.167. The molecule has 1 heterocycles. The van der Waals surface area contributed by atoms with Gasteiger partial charge in [0, 0.05) is 16.7 Å². The SMILES string of the molecule is CCOC(=O)c1c(-c2cc(O)c3c(c2)C(=O)c2cccc(O)c2C3=O)nn(-c2ccc(OC(F)(F)F)cc2)c1C(=O)OCC. The molecule has 44 heavy (non-hydrogen) atoms. The van der Waals surface area contributed by atoms with Gasteiger partial charge in [0.25, 0.3) is 0 Å². The summed E-state index contributed by atoms with van der Waals surface area (Å²) in [5.74, 6) is -5.31. The Hall–Kier alpha value is -5.66. The first-order chi connectivity index (χ1) is 20.9. The zero-order valence-corrected chi connectivity index (χ0v) is 22.9. The van der Waals surface area contributed by atoms with E-state index in [-0.39, 0.29) is 46.8 Å². The number of benzene rings is 3. The number of nitrogens with zero attached hydrogens (tertiary/aromatic N) is 2. The molecule has 1 aliphatic carbocycles. The number of phenolic OH excluding ortho intramolecular Hbond substituents is 2. The molecule has 0 atom stereocenters. The molecular formula is C30H21F3N2O9. The second-order valence-corrected chi connectivity index (χ2v) is 9.24. The van der Waals surface area contributed by atoms with Crippen molar-refractivity contribution >= 4 is 23.5 Å². The number of alkyl halides is 3. The van der Waals surface area contributed by atoms with Gasteiger partial charge in [0.05, 0.1) is 30.0 Å². The number of ether oxygens (including phenoxy) is 3. The van der Waals surface area contributed by atoms with Crippen LogP contribution in [0.4, 0.5) is 13.2 Å². The zero-order valence-electron chi connectivity index (χ0n) is 22.9. The second-order valence-electron chi connectivity index (χ2n) is 9.24. The van der Waals surface area contributed by atoms with Crippen molar-refractivity contribution < 1.29 is 56.8 Å². The highest BCUT2D eigenvalue weighted by Crippen LogP contribution is 2.40. The molecule has 0 unspecified atom stereocenters. The second kappa shape index (κ2) is 11.2. The Morgan fingerprint density at radius 3 is 2.11 bits per heavy atom. The van der Waals surface area contributed by atoms with E-state index >= 15 is 0 Å². The number of hydrogen-bond donors (Lipinski definition) is 2. The summed E-state index contributed by atoms with van der Waals surface area (Å²) in [6.45, 7) is 2.76. The van der Waals surface area contributed by atoms with E-state index in [1.807, 2.05) is 0 Å². The Bertz CT molecular complexity index is 1840. The van der Waals surface area contributed by atoms with Gasteiger partial charge in [-0.3, -0.25) is 9.59 Å². The van der Waals surface area contributed by atoms with Crippen LogP contribution in [0.2, 0.25) is 0 Å². The molecule has 0 fully saturated rings. The van der Waals surface area contributed by atoms with Crippen LogP contribution < -0.4 is 4.74 Å². The van der Waals surface area contributed by atoms with Crippen molar-refractivity contribution in [3.8, 4) is 34.2 Å². The number of aromatic hydroxyl groups is 2. The minimum Gasteiger partial charge on any atom is -0.507 e. The largest absolute Gasteiger partial charge is 0.573 e. The quantitative estimate of drug-likeness (QED) is 0.241. The average Bonchev–Trinajstić information content (AvgIpc) is 3.36. The summed E-state index contributed by atoms with van der Waals surface area (Å²) in [7, 11) is 0. The van der Waals surface area contributed by atoms with Crippen LogP contribution in [-0.2, 0) is 9.47 Å². The molecule has 0 aliphatic heterocycles. The molecule has 0 radical (unpaired) electrons. The van der Waals surface area contributed by atoms with E-state index in [2.05, 4.69) is 9.84 Å². The maximum absolute atomic E-state index is 13.4. The first-order valence-electron chi connectivity index (χ1n) is 13.0. The first-order valence-corrected chi connectivity index (χ1v) is 13.0. The molecule has 226 valence electrons. The minimum absolute atomic E-state index is 0.0113. The Kier molecular flexibility index (Phi) is 7.59. The highest BCUT2D eigenvalue weighted by Gasteiger charge is 2.37. The molecule has 0 spiro atoms. The summed E-state index contributed by atoms with van der Waals surface area (Å²) in [6, 6.07) is 10.4. The van der Waals surface area contributed by atoms with Crippen molar-refractivity contribution in [1.29, 1.82) is 0 Å². The van der Waals surface area contributed by atoms with E-state index in [0.717, 1.165) is 35.0 Å². The smallest absolute Gasteiger partial charge is 0.507 e. The number of esters is 2. The van der Waals surface area contributed by atoms with Crippen LogP contribution in [0.3, 0.4) is 0 Å². The maximum Gasteiger partial charge on any atom is 0.573 e. The number of hydrogen-bond acceptors (Lipinski definition) is 10. The lowest BCUT2D eigenvalue weighted by atomic mass is 9.82. The van der Waals surface area contributed by atoms with Gasteiger partial charge in [-0.15, -0.1) is 13.2 Å². The highest BCUT2D eigenvalue weighted by atomic mass is 19.4. The maximum atomic E-state index is 13.4. The molecule has 14 heteroatoms. The van der Waals surface area contributed by atoms with E-state index in [1.165, 1.54) is 38.1 Å². The Morgan fingerprint density at radius 2 is 1.48 bits per heavy atom. The van der Waals surface area contributed by atoms with Crippen LogP contribution >= 0.6 is 0 Å². The average molecular weight is 610 g/mol. The van der Waals surface area contributed by atoms with Gasteiger partial charge in [-0.25, -0.2) is 14.3 Å². The number of rotatable bonds is 7. The number of carbonyl (C=O) groups is 4. The lowest BCUT2D eigenvalue weighted by Crippen LogP contribution is -2.21. The van der Waals surface area contributed by atoms with Crippen molar-refractivity contribution in [3.05, 3.63) is 88.1 Å². The van der Waals surface area contributed by atoms with Crippen molar-refractivity contribution in [2.24, 2.45) is 0 Å². The van der Waals surface area contributed by atoms with Crippen LogP contribution in [0.5, 0.6) is 17.2 Å². The van der Waals surface area contributed by atoms with E-state index in [4.69, 9.17) is 9.47 Å². The fourth-order valence-corrected chi connectivity index (χ4v) is 4.80. The van der Waals surface area contributed by atoms with E-state index in [1.54, 1.807) is 0 Å². The van der Waals surface area contributed by atoms with Gasteiger partial charge in [-0.2, -0.15) is 5.10 Å². The fourth-order valence-electron chi connectivity index (χ4n) is 4.80. The standard InChI is InChI=1S/C30H21F3N2O9/c1-3-42-28(40)23-24(14-12-18-22(20(37)13-14)27(39)21-17(26(18)38)6-5-7-19(21)36)34-35(25(23)29(41)43-4-2)15-8-10-16(11-9-15)44-30(31,32)33/h5-13,36-37H,3-4H2,1-2H3. The summed E-state index contributed by atoms with van der Waals surface area (Å²) < 4.78 is 53.2. The topological polar surface area (TPSA) is 154 Å². The van der Waals surface area contributed by atoms with Crippen LogP contribution in [0.25, 0.3) is 16.9 Å². The van der Waals surface area contributed by atoms with Crippen molar-refractivity contribution in [2.75, 3.05) is 13.2 Å². The van der Waals surface area contributed by atoms with Crippen LogP contribution in [0.15, 0.2) is 54.6 Å². The monoisotopic (exact) mass is 610 g/mol. The third-order valence-corrected chi connectivity index (χ3v) is 6.53. The molecule has 0 saturated carbocycles. The van der Waals surface area contributed by atoms with E-state index in [9.17, 15) is 42.6 Å². The van der Waals surface area contributed by atoms with E-state index < -0.39 is 63.9 Å². The Labute approximate surface area is 246 Å². The molecule has 1 aliphatic rings.